The molecular formula is C13H10BrN3O2S. The number of carboxylic acids is 1. The lowest BCUT2D eigenvalue weighted by Crippen LogP contribution is -1.98. The topological polar surface area (TPSA) is 78.9 Å². The van der Waals surface area contributed by atoms with E-state index in [1.807, 2.05) is 0 Å². The molecule has 1 aromatic carbocycles. The van der Waals surface area contributed by atoms with Crippen LogP contribution in [0.3, 0.4) is 0 Å². The fourth-order valence-electron chi connectivity index (χ4n) is 1.73. The van der Waals surface area contributed by atoms with E-state index in [1.54, 1.807) is 36.9 Å². The molecule has 0 aliphatic rings. The van der Waals surface area contributed by atoms with Crippen molar-refractivity contribution in [1.29, 1.82) is 5.26 Å². The van der Waals surface area contributed by atoms with Gasteiger partial charge < -0.3 is 5.11 Å². The predicted molar refractivity (Wildman–Crippen MR) is 77.9 cm³/mol. The average Bonchev–Trinajstić information content (AvgIpc) is 2.65. The van der Waals surface area contributed by atoms with E-state index < -0.39 is 5.97 Å². The summed E-state index contributed by atoms with van der Waals surface area (Å²) in [6.45, 7) is 1.77. The van der Waals surface area contributed by atoms with Gasteiger partial charge in [0.2, 0.25) is 0 Å². The second kappa shape index (κ2) is 5.69. The molecule has 5 nitrogen and oxygen atoms in total. The third kappa shape index (κ3) is 2.71. The summed E-state index contributed by atoms with van der Waals surface area (Å²) < 4.78 is 2.15. The Bertz CT molecular complexity index is 734. The highest BCUT2D eigenvalue weighted by Crippen LogP contribution is 2.33. The SMILES string of the molecule is Cc1nn(C)c(Sc2ccc(Br)c(C(=O)O)c2)c1C#N. The molecule has 0 amide bonds. The third-order valence-corrected chi connectivity index (χ3v) is 4.51. The molecule has 0 atom stereocenters. The summed E-state index contributed by atoms with van der Waals surface area (Å²) in [5.74, 6) is -0.999. The molecule has 1 heterocycles. The molecule has 2 rings (SSSR count). The molecule has 0 aliphatic heterocycles. The molecule has 1 N–H and O–H groups in total. The standard InChI is InChI=1S/C13H10BrN3O2S/c1-7-10(6-15)12(17(2)16-7)20-8-3-4-11(14)9(5-8)13(18)19/h3-5H,1-2H3,(H,18,19). The van der Waals surface area contributed by atoms with Gasteiger partial charge in [0.25, 0.3) is 0 Å². The number of aromatic carboxylic acids is 1. The number of halogens is 1. The molecule has 0 saturated heterocycles. The zero-order valence-electron chi connectivity index (χ0n) is 10.7. The number of nitriles is 1. The number of carboxylic acid groups (broad SMARTS) is 1. The summed E-state index contributed by atoms with van der Waals surface area (Å²) in [6, 6.07) is 7.17. The van der Waals surface area contributed by atoms with Crippen LogP contribution in [-0.2, 0) is 7.05 Å². The fraction of sp³-hybridized carbons (Fsp3) is 0.154. The summed E-state index contributed by atoms with van der Waals surface area (Å²) in [5.41, 5.74) is 1.36. The molecule has 2 aromatic rings. The van der Waals surface area contributed by atoms with Gasteiger partial charge in [0, 0.05) is 16.4 Å². The van der Waals surface area contributed by atoms with Gasteiger partial charge in [-0.2, -0.15) is 10.4 Å². The molecule has 7 heteroatoms. The van der Waals surface area contributed by atoms with Gasteiger partial charge in [-0.05, 0) is 41.1 Å². The van der Waals surface area contributed by atoms with Crippen molar-refractivity contribution in [2.75, 3.05) is 0 Å². The Kier molecular flexibility index (Phi) is 4.16. The Hall–Kier alpha value is -1.78. The highest BCUT2D eigenvalue weighted by atomic mass is 79.9. The first-order chi connectivity index (χ1) is 9.43. The molecule has 0 fully saturated rings. The van der Waals surface area contributed by atoms with E-state index in [9.17, 15) is 4.79 Å². The van der Waals surface area contributed by atoms with Crippen LogP contribution in [0.2, 0.25) is 0 Å². The van der Waals surface area contributed by atoms with Gasteiger partial charge in [-0.1, -0.05) is 11.8 Å². The molecule has 102 valence electrons. The number of aromatic nitrogens is 2. The number of nitrogens with zero attached hydrogens (tertiary/aromatic N) is 3. The van der Waals surface area contributed by atoms with E-state index >= 15 is 0 Å². The van der Waals surface area contributed by atoms with Crippen LogP contribution >= 0.6 is 27.7 Å². The number of aryl methyl sites for hydroxylation is 2. The minimum absolute atomic E-state index is 0.187. The van der Waals surface area contributed by atoms with Crippen molar-refractivity contribution < 1.29 is 9.90 Å². The molecule has 0 spiro atoms. The van der Waals surface area contributed by atoms with Crippen molar-refractivity contribution in [3.63, 3.8) is 0 Å². The van der Waals surface area contributed by atoms with Crippen LogP contribution in [0.4, 0.5) is 0 Å². The van der Waals surface area contributed by atoms with Gasteiger partial charge in [-0.3, -0.25) is 4.68 Å². The van der Waals surface area contributed by atoms with Crippen LogP contribution in [0.15, 0.2) is 32.6 Å². The molecule has 0 aliphatic carbocycles. The van der Waals surface area contributed by atoms with Gasteiger partial charge in [0.15, 0.2) is 0 Å². The van der Waals surface area contributed by atoms with Crippen LogP contribution in [-0.4, -0.2) is 20.9 Å². The maximum atomic E-state index is 11.1. The number of rotatable bonds is 3. The number of hydrogen-bond donors (Lipinski definition) is 1. The Balaban J connectivity index is 2.44. The minimum atomic E-state index is -0.999. The first-order valence-electron chi connectivity index (χ1n) is 5.58. The quantitative estimate of drug-likeness (QED) is 0.918. The van der Waals surface area contributed by atoms with Gasteiger partial charge in [0.05, 0.1) is 11.3 Å². The van der Waals surface area contributed by atoms with E-state index in [2.05, 4.69) is 27.1 Å². The first kappa shape index (κ1) is 14.6. The Labute approximate surface area is 128 Å². The van der Waals surface area contributed by atoms with Crippen molar-refractivity contribution in [2.24, 2.45) is 7.05 Å². The zero-order chi connectivity index (χ0) is 14.9. The van der Waals surface area contributed by atoms with Gasteiger partial charge in [0.1, 0.15) is 16.7 Å². The van der Waals surface area contributed by atoms with Crippen molar-refractivity contribution >= 4 is 33.7 Å². The summed E-state index contributed by atoms with van der Waals surface area (Å²) in [5, 5.41) is 23.2. The number of benzene rings is 1. The summed E-state index contributed by atoms with van der Waals surface area (Å²) in [7, 11) is 1.76. The van der Waals surface area contributed by atoms with E-state index in [4.69, 9.17) is 10.4 Å². The first-order valence-corrected chi connectivity index (χ1v) is 7.19. The second-order valence-electron chi connectivity index (χ2n) is 4.05. The van der Waals surface area contributed by atoms with Crippen molar-refractivity contribution in [2.45, 2.75) is 16.8 Å². The van der Waals surface area contributed by atoms with E-state index in [0.717, 1.165) is 4.90 Å². The summed E-state index contributed by atoms with van der Waals surface area (Å²) in [6.07, 6.45) is 0. The van der Waals surface area contributed by atoms with Crippen LogP contribution in [0.1, 0.15) is 21.6 Å². The minimum Gasteiger partial charge on any atom is -0.478 e. The van der Waals surface area contributed by atoms with Crippen molar-refractivity contribution in [1.82, 2.24) is 9.78 Å². The Morgan fingerprint density at radius 2 is 2.25 bits per heavy atom. The van der Waals surface area contributed by atoms with Crippen molar-refractivity contribution in [3.8, 4) is 6.07 Å². The maximum Gasteiger partial charge on any atom is 0.336 e. The van der Waals surface area contributed by atoms with Crippen LogP contribution < -0.4 is 0 Å². The fourth-order valence-corrected chi connectivity index (χ4v) is 3.15. The molecular weight excluding hydrogens is 342 g/mol. The Morgan fingerprint density at radius 3 is 2.85 bits per heavy atom. The zero-order valence-corrected chi connectivity index (χ0v) is 13.1. The highest BCUT2D eigenvalue weighted by molar-refractivity contribution is 9.10. The molecule has 0 radical (unpaired) electrons. The monoisotopic (exact) mass is 351 g/mol. The molecule has 20 heavy (non-hydrogen) atoms. The van der Waals surface area contributed by atoms with Gasteiger partial charge in [-0.15, -0.1) is 0 Å². The van der Waals surface area contributed by atoms with Crippen LogP contribution in [0, 0.1) is 18.3 Å². The highest BCUT2D eigenvalue weighted by Gasteiger charge is 2.16. The lowest BCUT2D eigenvalue weighted by Gasteiger charge is -2.05. The van der Waals surface area contributed by atoms with Crippen LogP contribution in [0.25, 0.3) is 0 Å². The normalized spacial score (nSPS) is 10.3. The lowest BCUT2D eigenvalue weighted by molar-refractivity contribution is 0.0695. The van der Waals surface area contributed by atoms with Crippen molar-refractivity contribution in [3.05, 3.63) is 39.5 Å². The molecule has 0 unspecified atom stereocenters. The van der Waals surface area contributed by atoms with Gasteiger partial charge >= 0.3 is 5.97 Å². The van der Waals surface area contributed by atoms with Gasteiger partial charge in [-0.25, -0.2) is 4.79 Å². The summed E-state index contributed by atoms with van der Waals surface area (Å²) >= 11 is 4.52. The maximum absolute atomic E-state index is 11.1. The van der Waals surface area contributed by atoms with E-state index in [1.165, 1.54) is 11.8 Å². The molecule has 0 saturated carbocycles. The van der Waals surface area contributed by atoms with E-state index in [-0.39, 0.29) is 5.56 Å². The molecule has 0 bridgehead atoms. The number of carbonyl (C=O) groups is 1. The lowest BCUT2D eigenvalue weighted by atomic mass is 10.2. The third-order valence-electron chi connectivity index (χ3n) is 2.66. The predicted octanol–water partition coefficient (Wildman–Crippen LogP) is 3.21. The molecule has 1 aromatic heterocycles. The number of hydrogen-bond acceptors (Lipinski definition) is 4. The average molecular weight is 352 g/mol. The second-order valence-corrected chi connectivity index (χ2v) is 5.97. The van der Waals surface area contributed by atoms with E-state index in [0.29, 0.717) is 20.8 Å². The summed E-state index contributed by atoms with van der Waals surface area (Å²) in [4.78, 5) is 11.9. The Morgan fingerprint density at radius 1 is 1.55 bits per heavy atom. The largest absolute Gasteiger partial charge is 0.478 e. The smallest absolute Gasteiger partial charge is 0.336 e. The van der Waals surface area contributed by atoms with Crippen LogP contribution in [0.5, 0.6) is 0 Å².